The number of hydrogen-bond donors (Lipinski definition) is 1. The zero-order valence-corrected chi connectivity index (χ0v) is 12.1. The van der Waals surface area contributed by atoms with Crippen LogP contribution < -0.4 is 5.43 Å². The largest absolute Gasteiger partial charge is 0.409 e. The van der Waals surface area contributed by atoms with Gasteiger partial charge in [-0.3, -0.25) is 5.22 Å². The smallest absolute Gasteiger partial charge is 0.201 e. The van der Waals surface area contributed by atoms with E-state index in [4.69, 9.17) is 29.2 Å². The summed E-state index contributed by atoms with van der Waals surface area (Å²) in [4.78, 5) is 0. The molecule has 8 nitrogen and oxygen atoms in total. The van der Waals surface area contributed by atoms with Gasteiger partial charge in [0.15, 0.2) is 11.6 Å². The summed E-state index contributed by atoms with van der Waals surface area (Å²) in [6, 6.07) is 0. The van der Waals surface area contributed by atoms with E-state index in [2.05, 4.69) is 10.6 Å². The Morgan fingerprint density at radius 2 is 1.90 bits per heavy atom. The maximum atomic E-state index is 8.62. The van der Waals surface area contributed by atoms with Gasteiger partial charge < -0.3 is 34.6 Å². The highest BCUT2D eigenvalue weighted by Crippen LogP contribution is 2.47. The number of rotatable bonds is 3. The van der Waals surface area contributed by atoms with Crippen molar-refractivity contribution in [1.82, 2.24) is 5.43 Å². The van der Waals surface area contributed by atoms with E-state index in [-0.39, 0.29) is 18.8 Å². The number of fused-ring (bicyclic) bond motifs is 3. The van der Waals surface area contributed by atoms with E-state index >= 15 is 0 Å². The van der Waals surface area contributed by atoms with Crippen LogP contribution in [0.15, 0.2) is 5.22 Å². The third-order valence-corrected chi connectivity index (χ3v) is 3.67. The first-order valence-corrected chi connectivity index (χ1v) is 6.71. The van der Waals surface area contributed by atoms with Gasteiger partial charge in [-0.25, -0.2) is 0 Å². The van der Waals surface area contributed by atoms with E-state index in [0.717, 1.165) is 0 Å². The highest BCUT2D eigenvalue weighted by Gasteiger charge is 2.64. The van der Waals surface area contributed by atoms with Gasteiger partial charge in [-0.15, -0.1) is 0 Å². The molecule has 0 amide bonds. The Hall–Kier alpha value is -0.800. The number of ether oxygens (including phenoxy) is 5. The molecule has 0 aliphatic carbocycles. The molecule has 20 heavy (non-hydrogen) atoms. The molecular weight excluding hydrogens is 266 g/mol. The van der Waals surface area contributed by atoms with E-state index in [1.807, 2.05) is 27.7 Å². The van der Waals surface area contributed by atoms with Gasteiger partial charge in [-0.2, -0.15) is 0 Å². The molecule has 0 unspecified atom stereocenters. The van der Waals surface area contributed by atoms with E-state index in [0.29, 0.717) is 6.61 Å². The molecule has 3 rings (SSSR count). The monoisotopic (exact) mass is 286 g/mol. The van der Waals surface area contributed by atoms with E-state index in [1.54, 1.807) is 0 Å². The summed E-state index contributed by atoms with van der Waals surface area (Å²) in [5.74, 6) is -2.55. The predicted octanol–water partition coefficient (Wildman–Crippen LogP) is 0.911. The van der Waals surface area contributed by atoms with Gasteiger partial charge in [-0.05, 0) is 27.7 Å². The molecule has 0 aromatic carbocycles. The van der Waals surface area contributed by atoms with Gasteiger partial charge in [0.25, 0.3) is 0 Å². The standard InChI is InChI=1S/C12H20N3O5/c1-10(2)17-7-5-16-12(6-14-15-13)9(8(7)18-10)19-11(3,4)20-12/h7-9H,5-6H2,1-4H3,(H-,13,14)/q-1/t7-,8-,9-,12+/m1/s1. The molecule has 114 valence electrons. The molecule has 3 fully saturated rings. The zero-order chi connectivity index (χ0) is 14.6. The van der Waals surface area contributed by atoms with Crippen LogP contribution >= 0.6 is 0 Å². The van der Waals surface area contributed by atoms with Crippen molar-refractivity contribution in [2.45, 2.75) is 63.4 Å². The minimum atomic E-state index is -1.05. The second-order valence-corrected chi connectivity index (χ2v) is 6.24. The van der Waals surface area contributed by atoms with Crippen LogP contribution in [0.4, 0.5) is 0 Å². The number of nitrogens with one attached hydrogen (secondary N) is 1. The third-order valence-electron chi connectivity index (χ3n) is 3.67. The Morgan fingerprint density at radius 1 is 1.15 bits per heavy atom. The van der Waals surface area contributed by atoms with E-state index in [9.17, 15) is 0 Å². The average molecular weight is 286 g/mol. The lowest BCUT2D eigenvalue weighted by Crippen LogP contribution is -2.61. The highest BCUT2D eigenvalue weighted by atomic mass is 16.9. The van der Waals surface area contributed by atoms with Gasteiger partial charge in [0.2, 0.25) is 5.79 Å². The predicted molar refractivity (Wildman–Crippen MR) is 66.3 cm³/mol. The summed E-state index contributed by atoms with van der Waals surface area (Å²) in [5.41, 5.74) is 11.1. The molecule has 3 aliphatic rings. The summed E-state index contributed by atoms with van der Waals surface area (Å²) >= 11 is 0. The second kappa shape index (κ2) is 4.35. The summed E-state index contributed by atoms with van der Waals surface area (Å²) in [7, 11) is 0. The Balaban J connectivity index is 1.87. The molecule has 8 heteroatoms. The topological polar surface area (TPSA) is 92.8 Å². The lowest BCUT2D eigenvalue weighted by molar-refractivity contribution is -0.277. The quantitative estimate of drug-likeness (QED) is 0.612. The first-order valence-electron chi connectivity index (χ1n) is 6.71. The minimum Gasteiger partial charge on any atom is -0.409 e. The van der Waals surface area contributed by atoms with Crippen molar-refractivity contribution in [3.8, 4) is 0 Å². The Kier molecular flexibility index (Phi) is 3.07. The van der Waals surface area contributed by atoms with Crippen LogP contribution in [0.2, 0.25) is 0 Å². The Labute approximate surface area is 117 Å². The Bertz CT molecular complexity index is 416. The van der Waals surface area contributed by atoms with Crippen molar-refractivity contribution in [2.75, 3.05) is 13.2 Å². The zero-order valence-electron chi connectivity index (χ0n) is 12.1. The lowest BCUT2D eigenvalue weighted by Gasteiger charge is -2.41. The summed E-state index contributed by atoms with van der Waals surface area (Å²) in [5, 5.41) is 2.91. The van der Waals surface area contributed by atoms with Gasteiger partial charge >= 0.3 is 0 Å². The molecule has 0 aromatic rings. The van der Waals surface area contributed by atoms with E-state index in [1.165, 1.54) is 0 Å². The molecule has 0 aromatic heterocycles. The highest BCUT2D eigenvalue weighted by molar-refractivity contribution is 5.03. The summed E-state index contributed by atoms with van der Waals surface area (Å²) < 4.78 is 29.4. The van der Waals surface area contributed by atoms with Crippen molar-refractivity contribution in [1.29, 1.82) is 0 Å². The maximum absolute atomic E-state index is 8.62. The van der Waals surface area contributed by atoms with Crippen molar-refractivity contribution < 1.29 is 23.7 Å². The van der Waals surface area contributed by atoms with Crippen molar-refractivity contribution >= 4 is 0 Å². The molecule has 4 atom stereocenters. The molecule has 0 bridgehead atoms. The van der Waals surface area contributed by atoms with Crippen LogP contribution in [-0.2, 0) is 23.7 Å². The van der Waals surface area contributed by atoms with Crippen LogP contribution in [0, 0.1) is 0 Å². The summed E-state index contributed by atoms with van der Waals surface area (Å²) in [6.45, 7) is 7.82. The van der Waals surface area contributed by atoms with Crippen LogP contribution in [0.3, 0.4) is 0 Å². The number of hydrogen-bond acceptors (Lipinski definition) is 6. The van der Waals surface area contributed by atoms with Crippen LogP contribution in [0.5, 0.6) is 0 Å². The van der Waals surface area contributed by atoms with Gasteiger partial charge in [0.05, 0.1) is 6.61 Å². The van der Waals surface area contributed by atoms with E-state index < -0.39 is 23.5 Å². The average Bonchev–Trinajstić information content (AvgIpc) is 2.78. The van der Waals surface area contributed by atoms with Gasteiger partial charge in [-0.1, -0.05) is 0 Å². The van der Waals surface area contributed by atoms with Crippen molar-refractivity contribution in [3.63, 3.8) is 0 Å². The van der Waals surface area contributed by atoms with Crippen LogP contribution in [-0.4, -0.2) is 48.8 Å². The van der Waals surface area contributed by atoms with Gasteiger partial charge in [0.1, 0.15) is 18.3 Å². The Morgan fingerprint density at radius 3 is 2.60 bits per heavy atom. The molecular formula is C12H20N3O5-. The normalized spacial score (nSPS) is 44.7. The number of nitrogens with zero attached hydrogens (tertiary/aromatic N) is 2. The molecule has 0 saturated carbocycles. The molecule has 3 heterocycles. The SMILES string of the molecule is CC1(C)O[C@H]2[C@H]3OC(C)(C)O[C@]3(CNN=[N-])OC[C@H]2O1. The lowest BCUT2D eigenvalue weighted by atomic mass is 9.97. The third kappa shape index (κ3) is 2.21. The fourth-order valence-corrected chi connectivity index (χ4v) is 3.13. The molecule has 0 radical (unpaired) electrons. The van der Waals surface area contributed by atoms with Crippen molar-refractivity contribution in [2.24, 2.45) is 5.22 Å². The van der Waals surface area contributed by atoms with Gasteiger partial charge in [0, 0.05) is 6.54 Å². The van der Waals surface area contributed by atoms with Crippen LogP contribution in [0.1, 0.15) is 27.7 Å². The fourth-order valence-electron chi connectivity index (χ4n) is 3.13. The summed E-state index contributed by atoms with van der Waals surface area (Å²) in [6.07, 6.45) is -0.958. The second-order valence-electron chi connectivity index (χ2n) is 6.24. The fraction of sp³-hybridized carbons (Fsp3) is 1.00. The molecule has 3 saturated heterocycles. The van der Waals surface area contributed by atoms with Crippen LogP contribution in [0.25, 0.3) is 5.53 Å². The minimum absolute atomic E-state index is 0.157. The molecule has 0 spiro atoms. The maximum Gasteiger partial charge on any atom is 0.201 e. The first kappa shape index (κ1) is 14.2. The molecule has 3 aliphatic heterocycles. The first-order chi connectivity index (χ1) is 9.27. The van der Waals surface area contributed by atoms with Crippen molar-refractivity contribution in [3.05, 3.63) is 5.53 Å². The molecule has 1 N–H and O–H groups in total.